The summed E-state index contributed by atoms with van der Waals surface area (Å²) in [6.07, 6.45) is 8.83. The summed E-state index contributed by atoms with van der Waals surface area (Å²) >= 11 is 6.06. The highest BCUT2D eigenvalue weighted by Crippen LogP contribution is 2.48. The van der Waals surface area contributed by atoms with Crippen LogP contribution in [-0.4, -0.2) is 17.2 Å². The highest BCUT2D eigenvalue weighted by atomic mass is 32.2. The van der Waals surface area contributed by atoms with Crippen LogP contribution in [0.4, 0.5) is 0 Å². The van der Waals surface area contributed by atoms with Gasteiger partial charge in [0.2, 0.25) is 0 Å². The van der Waals surface area contributed by atoms with E-state index in [2.05, 4.69) is 79.1 Å². The SMILES string of the molecule is C[S+](c1ccccc1)C1C2=CC=CC(Oc3ccccc3)C2C(=S)c2ccccc21. The number of allylic oxidation sites excluding steroid dienone is 2. The maximum atomic E-state index is 6.43. The molecule has 3 aromatic carbocycles. The molecule has 0 aliphatic heterocycles. The Bertz CT molecular complexity index is 1120. The predicted octanol–water partition coefficient (Wildman–Crippen LogP) is 6.33. The molecule has 30 heavy (non-hydrogen) atoms. The van der Waals surface area contributed by atoms with E-state index >= 15 is 0 Å². The lowest BCUT2D eigenvalue weighted by Gasteiger charge is -2.38. The zero-order chi connectivity index (χ0) is 20.5. The van der Waals surface area contributed by atoms with Gasteiger partial charge in [0.15, 0.2) is 10.1 Å². The van der Waals surface area contributed by atoms with Crippen LogP contribution in [-0.2, 0) is 10.9 Å². The lowest BCUT2D eigenvalue weighted by Crippen LogP contribution is -2.41. The number of ether oxygens (including phenoxy) is 1. The molecule has 0 bridgehead atoms. The fourth-order valence-electron chi connectivity index (χ4n) is 4.46. The molecule has 0 heterocycles. The summed E-state index contributed by atoms with van der Waals surface area (Å²) in [6, 6.07) is 29.5. The quantitative estimate of drug-likeness (QED) is 0.356. The molecule has 3 heteroatoms. The van der Waals surface area contributed by atoms with E-state index in [0.29, 0.717) is 5.25 Å². The lowest BCUT2D eigenvalue weighted by atomic mass is 9.74. The Hall–Kier alpha value is -2.62. The Morgan fingerprint density at radius 3 is 2.27 bits per heavy atom. The van der Waals surface area contributed by atoms with Crippen molar-refractivity contribution in [3.8, 4) is 5.75 Å². The second kappa shape index (κ2) is 8.25. The van der Waals surface area contributed by atoms with Crippen LogP contribution >= 0.6 is 12.2 Å². The van der Waals surface area contributed by atoms with E-state index in [0.717, 1.165) is 10.6 Å². The number of para-hydroxylation sites is 1. The van der Waals surface area contributed by atoms with Crippen LogP contribution in [0.3, 0.4) is 0 Å². The van der Waals surface area contributed by atoms with Crippen LogP contribution in [0.15, 0.2) is 114 Å². The predicted molar refractivity (Wildman–Crippen MR) is 130 cm³/mol. The topological polar surface area (TPSA) is 9.23 Å². The zero-order valence-electron chi connectivity index (χ0n) is 16.8. The van der Waals surface area contributed by atoms with E-state index in [9.17, 15) is 0 Å². The fourth-order valence-corrected chi connectivity index (χ4v) is 6.99. The summed E-state index contributed by atoms with van der Waals surface area (Å²) in [7, 11) is 0.00671. The molecule has 148 valence electrons. The Labute approximate surface area is 186 Å². The van der Waals surface area contributed by atoms with Gasteiger partial charge in [-0.25, -0.2) is 0 Å². The number of benzene rings is 3. The first-order chi connectivity index (χ1) is 14.7. The molecule has 0 saturated carbocycles. The molecule has 0 spiro atoms. The van der Waals surface area contributed by atoms with Crippen LogP contribution in [0, 0.1) is 5.92 Å². The van der Waals surface area contributed by atoms with Gasteiger partial charge in [-0.2, -0.15) is 0 Å². The lowest BCUT2D eigenvalue weighted by molar-refractivity contribution is 0.222. The molecule has 3 aromatic rings. The first-order valence-electron chi connectivity index (χ1n) is 10.2. The molecular weight excluding hydrogens is 404 g/mol. The van der Waals surface area contributed by atoms with Crippen molar-refractivity contribution in [1.82, 2.24) is 0 Å². The Morgan fingerprint density at radius 2 is 1.50 bits per heavy atom. The van der Waals surface area contributed by atoms with E-state index in [4.69, 9.17) is 17.0 Å². The second-order valence-electron chi connectivity index (χ2n) is 7.63. The highest BCUT2D eigenvalue weighted by Gasteiger charge is 2.47. The number of thiocarbonyl (C=S) groups is 1. The summed E-state index contributed by atoms with van der Waals surface area (Å²) < 4.78 is 6.43. The van der Waals surface area contributed by atoms with Crippen molar-refractivity contribution < 1.29 is 4.74 Å². The minimum atomic E-state index is -0.0940. The Kier molecular flexibility index (Phi) is 5.32. The molecule has 4 atom stereocenters. The summed E-state index contributed by atoms with van der Waals surface area (Å²) in [4.78, 5) is 2.36. The van der Waals surface area contributed by atoms with Gasteiger partial charge in [-0.05, 0) is 41.5 Å². The van der Waals surface area contributed by atoms with Crippen LogP contribution in [0.1, 0.15) is 16.4 Å². The van der Waals surface area contributed by atoms with Gasteiger partial charge in [0.25, 0.3) is 0 Å². The standard InChI is InChI=1S/C27H23OS2/c1-30(20-13-6-3-7-14-20)27-22-16-9-8-15-21(22)26(29)25-23(27)17-10-18-24(25)28-19-11-4-2-5-12-19/h2-18,24-25,27H,1H3/q+1. The molecule has 4 unspecified atom stereocenters. The Balaban J connectivity index is 1.59. The van der Waals surface area contributed by atoms with Gasteiger partial charge in [0, 0.05) is 21.3 Å². The van der Waals surface area contributed by atoms with Gasteiger partial charge in [-0.15, -0.1) is 0 Å². The normalized spacial score (nSPS) is 23.2. The Morgan fingerprint density at radius 1 is 0.833 bits per heavy atom. The molecule has 0 saturated heterocycles. The molecule has 2 aliphatic carbocycles. The van der Waals surface area contributed by atoms with Gasteiger partial charge >= 0.3 is 0 Å². The number of hydrogen-bond donors (Lipinski definition) is 0. The molecule has 1 nitrogen and oxygen atoms in total. The molecular formula is C27H23OS2+. The average Bonchev–Trinajstić information content (AvgIpc) is 2.80. The number of hydrogen-bond acceptors (Lipinski definition) is 2. The number of fused-ring (bicyclic) bond motifs is 2. The minimum absolute atomic E-state index is 0.00671. The third-order valence-electron chi connectivity index (χ3n) is 5.85. The smallest absolute Gasteiger partial charge is 0.171 e. The molecule has 5 rings (SSSR count). The van der Waals surface area contributed by atoms with Crippen molar-refractivity contribution in [2.75, 3.05) is 6.26 Å². The van der Waals surface area contributed by atoms with Gasteiger partial charge < -0.3 is 4.74 Å². The first-order valence-corrected chi connectivity index (χ1v) is 12.3. The van der Waals surface area contributed by atoms with E-state index in [1.165, 1.54) is 21.6 Å². The van der Waals surface area contributed by atoms with Gasteiger partial charge in [-0.3, -0.25) is 0 Å². The summed E-state index contributed by atoms with van der Waals surface area (Å²) in [5.74, 6) is 0.953. The molecule has 0 fully saturated rings. The summed E-state index contributed by atoms with van der Waals surface area (Å²) in [5, 5.41) is 0.298. The summed E-state index contributed by atoms with van der Waals surface area (Å²) in [5.41, 5.74) is 3.91. The van der Waals surface area contributed by atoms with Crippen LogP contribution in [0.25, 0.3) is 0 Å². The molecule has 2 aliphatic rings. The largest absolute Gasteiger partial charge is 0.485 e. The molecule has 0 amide bonds. The third-order valence-corrected chi connectivity index (χ3v) is 8.58. The van der Waals surface area contributed by atoms with Gasteiger partial charge in [-0.1, -0.05) is 85.0 Å². The molecule has 0 N–H and O–H groups in total. The van der Waals surface area contributed by atoms with Crippen molar-refractivity contribution in [2.24, 2.45) is 5.92 Å². The fraction of sp³-hybridized carbons (Fsp3) is 0.148. The van der Waals surface area contributed by atoms with Gasteiger partial charge in [0.05, 0.1) is 5.92 Å². The average molecular weight is 428 g/mol. The van der Waals surface area contributed by atoms with E-state index < -0.39 is 0 Å². The van der Waals surface area contributed by atoms with E-state index in [-0.39, 0.29) is 22.9 Å². The van der Waals surface area contributed by atoms with Crippen LogP contribution in [0.2, 0.25) is 0 Å². The van der Waals surface area contributed by atoms with Crippen molar-refractivity contribution in [3.63, 3.8) is 0 Å². The summed E-state index contributed by atoms with van der Waals surface area (Å²) in [6.45, 7) is 0. The number of rotatable bonds is 4. The zero-order valence-corrected chi connectivity index (χ0v) is 18.4. The second-order valence-corrected chi connectivity index (χ2v) is 10.1. The van der Waals surface area contributed by atoms with E-state index in [1.807, 2.05) is 30.3 Å². The highest BCUT2D eigenvalue weighted by molar-refractivity contribution is 7.96. The monoisotopic (exact) mass is 427 g/mol. The van der Waals surface area contributed by atoms with E-state index in [1.54, 1.807) is 0 Å². The minimum Gasteiger partial charge on any atom is -0.485 e. The molecule has 0 radical (unpaired) electrons. The first kappa shape index (κ1) is 19.3. The van der Waals surface area contributed by atoms with Crippen molar-refractivity contribution in [1.29, 1.82) is 0 Å². The van der Waals surface area contributed by atoms with Crippen molar-refractivity contribution in [2.45, 2.75) is 16.2 Å². The van der Waals surface area contributed by atoms with Crippen molar-refractivity contribution >= 4 is 28.0 Å². The van der Waals surface area contributed by atoms with Crippen LogP contribution in [0.5, 0.6) is 5.75 Å². The molecule has 0 aromatic heterocycles. The van der Waals surface area contributed by atoms with Crippen molar-refractivity contribution in [3.05, 3.63) is 120 Å². The van der Waals surface area contributed by atoms with Gasteiger partial charge in [0.1, 0.15) is 18.1 Å². The van der Waals surface area contributed by atoms with Crippen LogP contribution < -0.4 is 4.74 Å². The third kappa shape index (κ3) is 3.42. The maximum Gasteiger partial charge on any atom is 0.171 e. The maximum absolute atomic E-state index is 6.43.